The molecule has 0 amide bonds. The van der Waals surface area contributed by atoms with Crippen molar-refractivity contribution < 1.29 is 9.81 Å². The van der Waals surface area contributed by atoms with Gasteiger partial charge in [-0.15, -0.1) is 5.01 Å². The van der Waals surface area contributed by atoms with Crippen LogP contribution in [0, 0.1) is 5.21 Å². The highest BCUT2D eigenvalue weighted by Gasteiger charge is 2.05. The fourth-order valence-electron chi connectivity index (χ4n) is 0.591. The van der Waals surface area contributed by atoms with Crippen LogP contribution in [0.5, 0.6) is 0 Å². The molecule has 0 saturated heterocycles. The summed E-state index contributed by atoms with van der Waals surface area (Å²) in [6.45, 7) is 8.16. The van der Waals surface area contributed by atoms with Gasteiger partial charge >= 0.3 is 0 Å². The smallest absolute Gasteiger partial charge is 0.238 e. The minimum absolute atomic E-state index is 0.404. The lowest BCUT2D eigenvalue weighted by molar-refractivity contribution is -0.708. The molecule has 0 heterocycles. The van der Waals surface area contributed by atoms with Crippen LogP contribution in [-0.4, -0.2) is 23.1 Å². The van der Waals surface area contributed by atoms with Gasteiger partial charge < -0.3 is 10.0 Å². The maximum Gasteiger partial charge on any atom is 0.238 e. The molecule has 0 bridgehead atoms. The molecule has 0 aromatic carbocycles. The first-order chi connectivity index (χ1) is 5.26. The van der Waals surface area contributed by atoms with Crippen LogP contribution in [-0.2, 0) is 4.84 Å². The summed E-state index contributed by atoms with van der Waals surface area (Å²) in [7, 11) is 0. The van der Waals surface area contributed by atoms with Crippen molar-refractivity contribution in [1.82, 2.24) is 5.01 Å². The average molecular weight is 159 g/mol. The van der Waals surface area contributed by atoms with Gasteiger partial charge in [0.15, 0.2) is 0 Å². The van der Waals surface area contributed by atoms with Crippen LogP contribution >= 0.6 is 0 Å². The van der Waals surface area contributed by atoms with E-state index in [2.05, 4.69) is 16.7 Å². The Bertz CT molecular complexity index is 143. The topological polar surface area (TPSA) is 50.9 Å². The third-order valence-corrected chi connectivity index (χ3v) is 1.16. The van der Waals surface area contributed by atoms with Crippen LogP contribution in [0.4, 0.5) is 0 Å². The van der Waals surface area contributed by atoms with Crippen molar-refractivity contribution in [1.29, 1.82) is 0 Å². The van der Waals surface area contributed by atoms with Gasteiger partial charge in [-0.3, -0.25) is 0 Å². The van der Waals surface area contributed by atoms with E-state index < -0.39 is 0 Å². The zero-order valence-corrected chi connectivity index (χ0v) is 6.86. The molecule has 0 aliphatic rings. The highest BCUT2D eigenvalue weighted by molar-refractivity contribution is 4.43. The fourth-order valence-corrected chi connectivity index (χ4v) is 0.591. The van der Waals surface area contributed by atoms with Gasteiger partial charge in [0.25, 0.3) is 0 Å². The first-order valence-electron chi connectivity index (χ1n) is 3.46. The van der Waals surface area contributed by atoms with Crippen molar-refractivity contribution in [2.75, 3.05) is 13.1 Å². The monoisotopic (exact) mass is 159 g/mol. The molecule has 0 unspecified atom stereocenters. The summed E-state index contributed by atoms with van der Waals surface area (Å²) in [6, 6.07) is 0. The van der Waals surface area contributed by atoms with Crippen molar-refractivity contribution in [3.8, 4) is 0 Å². The van der Waals surface area contributed by atoms with E-state index in [-0.39, 0.29) is 0 Å². The Kier molecular flexibility index (Phi) is 4.89. The normalized spacial score (nSPS) is 10.9. The summed E-state index contributed by atoms with van der Waals surface area (Å²) < 4.78 is 0. The number of nitrogens with zero attached hydrogens (tertiary/aromatic N) is 3. The second-order valence-electron chi connectivity index (χ2n) is 1.75. The Balaban J connectivity index is 3.95. The highest BCUT2D eigenvalue weighted by atomic mass is 16.7. The lowest BCUT2D eigenvalue weighted by Gasteiger charge is -2.12. The first-order valence-corrected chi connectivity index (χ1v) is 3.46. The van der Waals surface area contributed by atoms with Gasteiger partial charge in [0.05, 0.1) is 18.1 Å². The molecule has 0 aromatic heterocycles. The molecular formula is C6H13N3O2. The summed E-state index contributed by atoms with van der Waals surface area (Å²) in [5.74, 6) is 0. The molecule has 0 N–H and O–H groups in total. The molecule has 0 saturated carbocycles. The predicted octanol–water partition coefficient (Wildman–Crippen LogP) is 1.28. The van der Waals surface area contributed by atoms with Crippen molar-refractivity contribution in [3.63, 3.8) is 0 Å². The molecule has 5 nitrogen and oxygen atoms in total. The Labute approximate surface area is 66.1 Å². The molecule has 0 fully saturated rings. The minimum Gasteiger partial charge on any atom is -0.569 e. The molecule has 64 valence electrons. The second kappa shape index (κ2) is 5.52. The Morgan fingerprint density at radius 2 is 2.18 bits per heavy atom. The third kappa shape index (κ3) is 3.44. The third-order valence-electron chi connectivity index (χ3n) is 1.16. The minimum atomic E-state index is 0.404. The van der Waals surface area contributed by atoms with Crippen molar-refractivity contribution in [2.45, 2.75) is 13.8 Å². The van der Waals surface area contributed by atoms with Crippen molar-refractivity contribution >= 4 is 0 Å². The lowest BCUT2D eigenvalue weighted by Crippen LogP contribution is -2.30. The van der Waals surface area contributed by atoms with Crippen LogP contribution in [0.25, 0.3) is 0 Å². The van der Waals surface area contributed by atoms with E-state index in [9.17, 15) is 5.21 Å². The summed E-state index contributed by atoms with van der Waals surface area (Å²) >= 11 is 0. The van der Waals surface area contributed by atoms with E-state index in [0.717, 1.165) is 6.26 Å². The molecule has 0 spiro atoms. The van der Waals surface area contributed by atoms with Gasteiger partial charge in [-0.2, -0.15) is 0 Å². The van der Waals surface area contributed by atoms with Gasteiger partial charge in [0, 0.05) is 0 Å². The Hall–Kier alpha value is -1.26. The first kappa shape index (κ1) is 9.74. The van der Waals surface area contributed by atoms with Gasteiger partial charge in [-0.1, -0.05) is 6.58 Å². The zero-order valence-electron chi connectivity index (χ0n) is 6.86. The number of hydrogen-bond donors (Lipinski definition) is 0. The van der Waals surface area contributed by atoms with Crippen molar-refractivity contribution in [2.24, 2.45) is 5.28 Å². The van der Waals surface area contributed by atoms with E-state index in [1.807, 2.05) is 13.8 Å². The Morgan fingerprint density at radius 1 is 1.64 bits per heavy atom. The molecule has 0 aromatic rings. The van der Waals surface area contributed by atoms with Crippen LogP contribution in [0.1, 0.15) is 13.8 Å². The molecule has 0 atom stereocenters. The SMILES string of the molecule is C=CO/N=[N+](/[O-])N(CC)CC. The van der Waals surface area contributed by atoms with Crippen LogP contribution in [0.3, 0.4) is 0 Å². The molecule has 0 radical (unpaired) electrons. The fraction of sp³-hybridized carbons (Fsp3) is 0.667. The lowest BCUT2D eigenvalue weighted by atomic mass is 10.6. The van der Waals surface area contributed by atoms with Crippen LogP contribution in [0.15, 0.2) is 18.1 Å². The van der Waals surface area contributed by atoms with E-state index in [0.29, 0.717) is 18.1 Å². The van der Waals surface area contributed by atoms with Crippen LogP contribution in [0.2, 0.25) is 0 Å². The van der Waals surface area contributed by atoms with Gasteiger partial charge in [-0.05, 0) is 13.8 Å². The number of hydrogen-bond acceptors (Lipinski definition) is 3. The molecule has 5 heteroatoms. The van der Waals surface area contributed by atoms with E-state index in [1.54, 1.807) is 0 Å². The van der Waals surface area contributed by atoms with Crippen molar-refractivity contribution in [3.05, 3.63) is 18.0 Å². The van der Waals surface area contributed by atoms with Gasteiger partial charge in [0.1, 0.15) is 6.26 Å². The molecule has 0 rings (SSSR count). The molecule has 0 aliphatic carbocycles. The molecule has 11 heavy (non-hydrogen) atoms. The summed E-state index contributed by atoms with van der Waals surface area (Å²) in [5, 5.41) is 15.5. The largest absolute Gasteiger partial charge is 0.569 e. The van der Waals surface area contributed by atoms with E-state index in [1.165, 1.54) is 5.01 Å². The summed E-state index contributed by atoms with van der Waals surface area (Å²) in [6.07, 6.45) is 1.09. The van der Waals surface area contributed by atoms with E-state index >= 15 is 0 Å². The predicted molar refractivity (Wildman–Crippen MR) is 40.3 cm³/mol. The second-order valence-corrected chi connectivity index (χ2v) is 1.75. The average Bonchev–Trinajstić information content (AvgIpc) is 2.03. The summed E-state index contributed by atoms with van der Waals surface area (Å²) in [5.41, 5.74) is 0. The maximum atomic E-state index is 10.9. The summed E-state index contributed by atoms with van der Waals surface area (Å²) in [4.78, 5) is 4.74. The van der Waals surface area contributed by atoms with E-state index in [4.69, 9.17) is 0 Å². The number of hydrazine groups is 1. The maximum absolute atomic E-state index is 10.9. The van der Waals surface area contributed by atoms with Gasteiger partial charge in [0.2, 0.25) is 5.28 Å². The quantitative estimate of drug-likeness (QED) is 0.263. The van der Waals surface area contributed by atoms with Gasteiger partial charge in [-0.25, -0.2) is 0 Å². The Morgan fingerprint density at radius 3 is 2.55 bits per heavy atom. The van der Waals surface area contributed by atoms with Crippen LogP contribution < -0.4 is 0 Å². The highest BCUT2D eigenvalue weighted by Crippen LogP contribution is 1.89. The molecule has 0 aliphatic heterocycles. The standard InChI is InChI=1S/C6H13N3O2/c1-4-8(5-2)9(10)7-11-6-3/h6H,3-5H2,1-2H3/b9-7+. The zero-order chi connectivity index (χ0) is 8.69. The molecular weight excluding hydrogens is 146 g/mol. The number of rotatable bonds is 5.